The molecule has 0 spiro atoms. The first kappa shape index (κ1) is 17.0. The number of hydrazone groups is 2. The maximum atomic E-state index is 5.75. The molecule has 25 heavy (non-hydrogen) atoms. The van der Waals surface area contributed by atoms with E-state index in [2.05, 4.69) is 39.0 Å². The van der Waals surface area contributed by atoms with E-state index in [9.17, 15) is 0 Å². The Bertz CT molecular complexity index is 758. The van der Waals surface area contributed by atoms with Crippen molar-refractivity contribution in [1.82, 2.24) is 10.9 Å². The van der Waals surface area contributed by atoms with E-state index in [-0.39, 0.29) is 18.1 Å². The molecule has 0 radical (unpaired) electrons. The van der Waals surface area contributed by atoms with Crippen molar-refractivity contribution in [3.63, 3.8) is 0 Å². The predicted molar refractivity (Wildman–Crippen MR) is 101 cm³/mol. The summed E-state index contributed by atoms with van der Waals surface area (Å²) in [6.07, 6.45) is 2.01. The Labute approximate surface area is 147 Å². The van der Waals surface area contributed by atoms with Gasteiger partial charge in [0.1, 0.15) is 11.9 Å². The van der Waals surface area contributed by atoms with Gasteiger partial charge in [0.15, 0.2) is 0 Å². The number of rotatable bonds is 4. The number of nitrogens with one attached hydrogen (secondary N) is 2. The van der Waals surface area contributed by atoms with Gasteiger partial charge in [0, 0.05) is 16.8 Å². The van der Waals surface area contributed by atoms with Gasteiger partial charge in [-0.05, 0) is 45.0 Å². The molecule has 0 aromatic heterocycles. The van der Waals surface area contributed by atoms with Crippen molar-refractivity contribution in [2.45, 2.75) is 33.0 Å². The van der Waals surface area contributed by atoms with Gasteiger partial charge in [-0.15, -0.1) is 0 Å². The van der Waals surface area contributed by atoms with Crippen LogP contribution in [-0.2, 0) is 0 Å². The summed E-state index contributed by atoms with van der Waals surface area (Å²) in [5, 5.41) is 8.84. The number of benzene rings is 1. The quantitative estimate of drug-likeness (QED) is 0.573. The van der Waals surface area contributed by atoms with Crippen molar-refractivity contribution in [2.75, 3.05) is 7.11 Å². The molecule has 2 heterocycles. The smallest absolute Gasteiger partial charge is 0.147 e. The van der Waals surface area contributed by atoms with E-state index < -0.39 is 0 Å². The number of hydrogen-bond acceptors (Lipinski definition) is 6. The molecule has 0 saturated heterocycles. The standard InChI is InChI=1S/C18H24N6O/c1-10-15(9-16-11(2)22-24-18(16)20-12(3)19)17(23-21-10)13-5-7-14(25-4)8-6-13/h5-10,16,18,21,24H,1-4H3,(H2,19,20)/b15-9+. The van der Waals surface area contributed by atoms with Gasteiger partial charge < -0.3 is 15.9 Å². The summed E-state index contributed by atoms with van der Waals surface area (Å²) in [4.78, 5) is 4.44. The first-order valence-electron chi connectivity index (χ1n) is 8.29. The summed E-state index contributed by atoms with van der Waals surface area (Å²) in [5.74, 6) is 1.40. The van der Waals surface area contributed by atoms with E-state index >= 15 is 0 Å². The second-order valence-corrected chi connectivity index (χ2v) is 6.29. The Morgan fingerprint density at radius 3 is 2.60 bits per heavy atom. The van der Waals surface area contributed by atoms with Crippen LogP contribution in [0.5, 0.6) is 5.75 Å². The predicted octanol–water partition coefficient (Wildman–Crippen LogP) is 1.62. The Hall–Kier alpha value is -2.83. The monoisotopic (exact) mass is 340 g/mol. The van der Waals surface area contributed by atoms with Crippen LogP contribution in [0.25, 0.3) is 0 Å². The Morgan fingerprint density at radius 2 is 1.96 bits per heavy atom. The lowest BCUT2D eigenvalue weighted by molar-refractivity contribution is 0.415. The van der Waals surface area contributed by atoms with Crippen LogP contribution in [0.4, 0.5) is 0 Å². The number of hydrogen-bond donors (Lipinski definition) is 3. The summed E-state index contributed by atoms with van der Waals surface area (Å²) < 4.78 is 5.23. The third-order valence-corrected chi connectivity index (χ3v) is 4.37. The van der Waals surface area contributed by atoms with Gasteiger partial charge in [-0.1, -0.05) is 6.08 Å². The number of aliphatic imine (C=N–C) groups is 1. The van der Waals surface area contributed by atoms with Gasteiger partial charge in [-0.3, -0.25) is 5.43 Å². The Morgan fingerprint density at radius 1 is 1.24 bits per heavy atom. The molecule has 0 aliphatic carbocycles. The van der Waals surface area contributed by atoms with Gasteiger partial charge in [0.25, 0.3) is 0 Å². The second kappa shape index (κ2) is 6.96. The molecule has 3 rings (SSSR count). The Kier molecular flexibility index (Phi) is 4.74. The van der Waals surface area contributed by atoms with Crippen molar-refractivity contribution in [2.24, 2.45) is 26.8 Å². The molecule has 3 atom stereocenters. The lowest BCUT2D eigenvalue weighted by Gasteiger charge is -2.16. The highest BCUT2D eigenvalue weighted by Gasteiger charge is 2.31. The Balaban J connectivity index is 1.92. The van der Waals surface area contributed by atoms with Crippen LogP contribution < -0.4 is 21.3 Å². The molecule has 1 aromatic carbocycles. The molecule has 7 heteroatoms. The first-order chi connectivity index (χ1) is 12.0. The summed E-state index contributed by atoms with van der Waals surface area (Å²) in [7, 11) is 1.66. The number of methoxy groups -OCH3 is 1. The van der Waals surface area contributed by atoms with Crippen LogP contribution in [0.15, 0.2) is 51.1 Å². The molecule has 0 fully saturated rings. The minimum atomic E-state index is -0.178. The van der Waals surface area contributed by atoms with Crippen molar-refractivity contribution < 1.29 is 4.74 Å². The maximum Gasteiger partial charge on any atom is 0.147 e. The highest BCUT2D eigenvalue weighted by atomic mass is 16.5. The summed E-state index contributed by atoms with van der Waals surface area (Å²) in [6, 6.07) is 8.02. The van der Waals surface area contributed by atoms with Crippen LogP contribution >= 0.6 is 0 Å². The number of nitrogens with zero attached hydrogens (tertiary/aromatic N) is 3. The minimum absolute atomic E-state index is 0.0410. The minimum Gasteiger partial charge on any atom is -0.497 e. The van der Waals surface area contributed by atoms with E-state index in [1.807, 2.05) is 31.2 Å². The molecule has 7 nitrogen and oxygen atoms in total. The SMILES string of the molecule is COc1ccc(C2=NNC(C)/C2=C\C2C(C)=NNC2/N=C(/C)N)cc1. The van der Waals surface area contributed by atoms with E-state index in [4.69, 9.17) is 10.5 Å². The van der Waals surface area contributed by atoms with Crippen LogP contribution in [0, 0.1) is 5.92 Å². The third-order valence-electron chi connectivity index (χ3n) is 4.37. The molecule has 1 aromatic rings. The van der Waals surface area contributed by atoms with Crippen LogP contribution in [0.1, 0.15) is 26.3 Å². The van der Waals surface area contributed by atoms with Gasteiger partial charge >= 0.3 is 0 Å². The number of ether oxygens (including phenoxy) is 1. The van der Waals surface area contributed by atoms with Crippen molar-refractivity contribution in [1.29, 1.82) is 0 Å². The zero-order valence-corrected chi connectivity index (χ0v) is 14.9. The second-order valence-electron chi connectivity index (χ2n) is 6.29. The zero-order chi connectivity index (χ0) is 18.0. The molecule has 4 N–H and O–H groups in total. The molecule has 0 bridgehead atoms. The highest BCUT2D eigenvalue weighted by molar-refractivity contribution is 6.14. The van der Waals surface area contributed by atoms with Gasteiger partial charge in [-0.2, -0.15) is 10.2 Å². The summed E-state index contributed by atoms with van der Waals surface area (Å²) in [5.41, 5.74) is 16.0. The van der Waals surface area contributed by atoms with Gasteiger partial charge in [0.2, 0.25) is 0 Å². The normalized spacial score (nSPS) is 27.6. The molecule has 2 aliphatic heterocycles. The van der Waals surface area contributed by atoms with Gasteiger partial charge in [0.05, 0.1) is 30.6 Å². The average Bonchev–Trinajstić information content (AvgIpc) is 3.12. The summed E-state index contributed by atoms with van der Waals surface area (Å²) >= 11 is 0. The molecule has 0 saturated carbocycles. The molecule has 132 valence electrons. The zero-order valence-electron chi connectivity index (χ0n) is 14.9. The van der Waals surface area contributed by atoms with Crippen LogP contribution in [-0.4, -0.2) is 36.6 Å². The molecule has 0 amide bonds. The van der Waals surface area contributed by atoms with Gasteiger partial charge in [-0.25, -0.2) is 4.99 Å². The fraction of sp³-hybridized carbons (Fsp3) is 0.389. The maximum absolute atomic E-state index is 5.75. The molecular formula is C18H24N6O. The molecule has 3 unspecified atom stereocenters. The fourth-order valence-electron chi connectivity index (χ4n) is 2.99. The van der Waals surface area contributed by atoms with E-state index in [0.717, 1.165) is 28.3 Å². The van der Waals surface area contributed by atoms with Crippen LogP contribution in [0.2, 0.25) is 0 Å². The number of amidine groups is 1. The molecule has 2 aliphatic rings. The van der Waals surface area contributed by atoms with Crippen LogP contribution in [0.3, 0.4) is 0 Å². The lowest BCUT2D eigenvalue weighted by atomic mass is 9.92. The molecular weight excluding hydrogens is 316 g/mol. The topological polar surface area (TPSA) is 96.4 Å². The average molecular weight is 340 g/mol. The van der Waals surface area contributed by atoms with E-state index in [1.165, 1.54) is 0 Å². The first-order valence-corrected chi connectivity index (χ1v) is 8.29. The largest absolute Gasteiger partial charge is 0.497 e. The highest BCUT2D eigenvalue weighted by Crippen LogP contribution is 2.25. The fourth-order valence-corrected chi connectivity index (χ4v) is 2.99. The van der Waals surface area contributed by atoms with Crippen molar-refractivity contribution >= 4 is 17.3 Å². The van der Waals surface area contributed by atoms with Crippen molar-refractivity contribution in [3.05, 3.63) is 41.5 Å². The van der Waals surface area contributed by atoms with E-state index in [0.29, 0.717) is 5.84 Å². The third kappa shape index (κ3) is 3.50. The summed E-state index contributed by atoms with van der Waals surface area (Å²) in [6.45, 7) is 5.87. The lowest BCUT2D eigenvalue weighted by Crippen LogP contribution is -2.30. The number of nitrogens with two attached hydrogens (primary N) is 1. The van der Waals surface area contributed by atoms with Crippen molar-refractivity contribution in [3.8, 4) is 5.75 Å². The van der Waals surface area contributed by atoms with E-state index in [1.54, 1.807) is 14.0 Å².